The van der Waals surface area contributed by atoms with Gasteiger partial charge in [0.25, 0.3) is 5.91 Å². The number of aliphatic carboxylic acids is 1. The van der Waals surface area contributed by atoms with Crippen LogP contribution in [0, 0.1) is 5.82 Å². The normalized spacial score (nSPS) is 13.3. The minimum Gasteiger partial charge on any atom is -0.550 e. The van der Waals surface area contributed by atoms with Gasteiger partial charge in [0.2, 0.25) is 0 Å². The van der Waals surface area contributed by atoms with Crippen molar-refractivity contribution in [3.05, 3.63) is 76.9 Å². The van der Waals surface area contributed by atoms with Crippen LogP contribution >= 0.6 is 0 Å². The van der Waals surface area contributed by atoms with E-state index in [4.69, 9.17) is 4.74 Å². The number of carbonyl (C=O) groups is 2. The average Bonchev–Trinajstić information content (AvgIpc) is 3.27. The summed E-state index contributed by atoms with van der Waals surface area (Å²) in [4.78, 5) is 24.3. The third-order valence-corrected chi connectivity index (χ3v) is 6.49. The molecule has 0 aliphatic carbocycles. The van der Waals surface area contributed by atoms with E-state index in [9.17, 15) is 29.3 Å². The standard InChI is InChI=1S/C29H36FN3O6.Na/c1-17(2)27-25(13-12-22(34)15-23(35)16-26(36)37)33(21-10-8-20(30)9-11-21)32-28(27)29(38)31-18(3)19-6-5-7-24(14-19)39-4;/h5-11,14,17-18,22-23,34-35H,12-13,15-16H2,1-4H3,(H,31,38)(H,36,37);/q;+1/p-1/t18-,22+,23+;/m0./s1. The van der Waals surface area contributed by atoms with Gasteiger partial charge < -0.3 is 30.2 Å². The number of carbonyl (C=O) groups excluding carboxylic acids is 2. The zero-order valence-electron chi connectivity index (χ0n) is 23.6. The van der Waals surface area contributed by atoms with Crippen molar-refractivity contribution in [2.24, 2.45) is 0 Å². The molecular weight excluding hydrogens is 528 g/mol. The van der Waals surface area contributed by atoms with Crippen LogP contribution < -0.4 is 44.7 Å². The summed E-state index contributed by atoms with van der Waals surface area (Å²) in [6, 6.07) is 12.7. The third-order valence-electron chi connectivity index (χ3n) is 6.49. The van der Waals surface area contributed by atoms with E-state index < -0.39 is 30.4 Å². The van der Waals surface area contributed by atoms with Crippen LogP contribution in [0.2, 0.25) is 0 Å². The van der Waals surface area contributed by atoms with Crippen LogP contribution in [0.5, 0.6) is 5.75 Å². The fourth-order valence-electron chi connectivity index (χ4n) is 4.55. The number of benzene rings is 2. The van der Waals surface area contributed by atoms with Gasteiger partial charge in [-0.15, -0.1) is 0 Å². The number of aromatic nitrogens is 2. The van der Waals surface area contributed by atoms with Gasteiger partial charge in [0.15, 0.2) is 5.69 Å². The summed E-state index contributed by atoms with van der Waals surface area (Å²) in [7, 11) is 1.57. The molecule has 1 aromatic heterocycles. The number of nitrogens with zero attached hydrogens (tertiary/aromatic N) is 2. The van der Waals surface area contributed by atoms with E-state index in [-0.39, 0.29) is 72.4 Å². The van der Waals surface area contributed by atoms with Gasteiger partial charge in [-0.05, 0) is 74.1 Å². The molecule has 0 saturated heterocycles. The first-order chi connectivity index (χ1) is 18.5. The van der Waals surface area contributed by atoms with Crippen LogP contribution in [-0.4, -0.2) is 51.2 Å². The first-order valence-electron chi connectivity index (χ1n) is 12.9. The Bertz CT molecular complexity index is 1280. The predicted octanol–water partition coefficient (Wildman–Crippen LogP) is -0.177. The Morgan fingerprint density at radius 1 is 1.10 bits per heavy atom. The Morgan fingerprint density at radius 3 is 2.38 bits per heavy atom. The van der Waals surface area contributed by atoms with Crippen molar-refractivity contribution in [1.82, 2.24) is 15.1 Å². The van der Waals surface area contributed by atoms with Gasteiger partial charge in [0, 0.05) is 23.6 Å². The fraction of sp³-hybridized carbons (Fsp3) is 0.414. The summed E-state index contributed by atoms with van der Waals surface area (Å²) in [5, 5.41) is 38.7. The molecule has 40 heavy (non-hydrogen) atoms. The summed E-state index contributed by atoms with van der Waals surface area (Å²) in [6.07, 6.45) is -2.50. The van der Waals surface area contributed by atoms with E-state index in [1.807, 2.05) is 45.0 Å². The molecule has 0 aliphatic heterocycles. The molecule has 0 radical (unpaired) electrons. The molecule has 0 saturated carbocycles. The van der Waals surface area contributed by atoms with Crippen molar-refractivity contribution in [2.75, 3.05) is 7.11 Å². The van der Waals surface area contributed by atoms with Crippen molar-refractivity contribution < 1.29 is 63.6 Å². The first-order valence-corrected chi connectivity index (χ1v) is 12.9. The second kappa shape index (κ2) is 15.3. The number of aliphatic hydroxyl groups excluding tert-OH is 2. The third kappa shape index (κ3) is 8.87. The van der Waals surface area contributed by atoms with Gasteiger partial charge in [-0.1, -0.05) is 26.0 Å². The van der Waals surface area contributed by atoms with Crippen LogP contribution in [-0.2, 0) is 11.2 Å². The van der Waals surface area contributed by atoms with Crippen LogP contribution in [0.4, 0.5) is 4.39 Å². The van der Waals surface area contributed by atoms with Crippen LogP contribution in [0.15, 0.2) is 48.5 Å². The number of rotatable bonds is 13. The number of nitrogens with one attached hydrogen (secondary N) is 1. The quantitative estimate of drug-likeness (QED) is 0.246. The number of hydrogen-bond donors (Lipinski definition) is 3. The summed E-state index contributed by atoms with van der Waals surface area (Å²) in [6.45, 7) is 5.71. The molecule has 210 valence electrons. The fourth-order valence-corrected chi connectivity index (χ4v) is 4.55. The number of hydrogen-bond acceptors (Lipinski definition) is 7. The summed E-state index contributed by atoms with van der Waals surface area (Å²) in [5.74, 6) is -1.66. The van der Waals surface area contributed by atoms with Crippen molar-refractivity contribution in [1.29, 1.82) is 0 Å². The molecule has 3 atom stereocenters. The summed E-state index contributed by atoms with van der Waals surface area (Å²) < 4.78 is 20.5. The zero-order chi connectivity index (χ0) is 28.7. The van der Waals surface area contributed by atoms with E-state index in [1.165, 1.54) is 12.1 Å². The van der Waals surface area contributed by atoms with Gasteiger partial charge in [0.1, 0.15) is 11.6 Å². The van der Waals surface area contributed by atoms with Crippen LogP contribution in [0.3, 0.4) is 0 Å². The van der Waals surface area contributed by atoms with Gasteiger partial charge in [-0.25, -0.2) is 9.07 Å². The van der Waals surface area contributed by atoms with Gasteiger partial charge >= 0.3 is 29.6 Å². The molecule has 0 fully saturated rings. The molecular formula is C29H35FN3NaO6. The average molecular weight is 564 g/mol. The van der Waals surface area contributed by atoms with Crippen molar-refractivity contribution in [3.8, 4) is 11.4 Å². The topological polar surface area (TPSA) is 137 Å². The molecule has 1 heterocycles. The molecule has 0 bridgehead atoms. The van der Waals surface area contributed by atoms with Crippen LogP contribution in [0.25, 0.3) is 5.69 Å². The van der Waals surface area contributed by atoms with Gasteiger partial charge in [-0.2, -0.15) is 5.10 Å². The SMILES string of the molecule is COc1cccc([C@H](C)NC(=O)c2nn(-c3ccc(F)cc3)c(CC[C@@H](O)C[C@@H](O)CC(=O)[O-])c2C(C)C)c1.[Na+]. The van der Waals surface area contributed by atoms with E-state index >= 15 is 0 Å². The van der Waals surface area contributed by atoms with E-state index in [1.54, 1.807) is 23.9 Å². The van der Waals surface area contributed by atoms with E-state index in [2.05, 4.69) is 10.4 Å². The van der Waals surface area contributed by atoms with Crippen molar-refractivity contribution in [3.63, 3.8) is 0 Å². The van der Waals surface area contributed by atoms with Crippen molar-refractivity contribution in [2.45, 2.75) is 70.6 Å². The molecule has 3 N–H and O–H groups in total. The monoisotopic (exact) mass is 563 g/mol. The molecule has 3 rings (SSSR count). The second-order valence-corrected chi connectivity index (χ2v) is 9.88. The molecule has 9 nitrogen and oxygen atoms in total. The van der Waals surface area contributed by atoms with Gasteiger partial charge in [0.05, 0.1) is 31.0 Å². The number of halogens is 1. The minimum absolute atomic E-state index is 0. The zero-order valence-corrected chi connectivity index (χ0v) is 25.6. The van der Waals surface area contributed by atoms with E-state index in [0.717, 1.165) is 5.56 Å². The largest absolute Gasteiger partial charge is 1.00 e. The maximum absolute atomic E-state index is 13.7. The molecule has 0 unspecified atom stereocenters. The number of carboxylic acid groups (broad SMARTS) is 1. The van der Waals surface area contributed by atoms with Crippen molar-refractivity contribution >= 4 is 11.9 Å². The Balaban J connectivity index is 0.00000560. The number of aliphatic hydroxyl groups is 2. The molecule has 2 aromatic carbocycles. The van der Waals surface area contributed by atoms with E-state index in [0.29, 0.717) is 22.7 Å². The van der Waals surface area contributed by atoms with Gasteiger partial charge in [-0.3, -0.25) is 4.79 Å². The molecule has 1 amide bonds. The maximum Gasteiger partial charge on any atom is 1.00 e. The predicted molar refractivity (Wildman–Crippen MR) is 141 cm³/mol. The Hall–Kier alpha value is -2.76. The molecule has 11 heteroatoms. The van der Waals surface area contributed by atoms with Crippen LogP contribution in [0.1, 0.15) is 79.3 Å². The second-order valence-electron chi connectivity index (χ2n) is 9.88. The summed E-state index contributed by atoms with van der Waals surface area (Å²) in [5.41, 5.74) is 2.94. The number of methoxy groups -OCH3 is 1. The maximum atomic E-state index is 13.7. The number of carboxylic acids is 1. The smallest absolute Gasteiger partial charge is 0.550 e. The number of ether oxygens (including phenoxy) is 1. The Morgan fingerprint density at radius 2 is 1.77 bits per heavy atom. The Labute approximate surface area is 255 Å². The Kier molecular flexibility index (Phi) is 12.8. The summed E-state index contributed by atoms with van der Waals surface area (Å²) >= 11 is 0. The molecule has 0 spiro atoms. The molecule has 3 aromatic rings. The minimum atomic E-state index is -1.40. The first kappa shape index (κ1) is 33.4. The molecule has 0 aliphatic rings. The number of amides is 1.